The zero-order valence-corrected chi connectivity index (χ0v) is 16.9. The number of nitrogens with one attached hydrogen (secondary N) is 1. The second-order valence-corrected chi connectivity index (χ2v) is 6.57. The van der Waals surface area contributed by atoms with E-state index in [0.717, 1.165) is 5.69 Å². The van der Waals surface area contributed by atoms with Crippen molar-refractivity contribution in [1.29, 1.82) is 0 Å². The van der Waals surface area contributed by atoms with Crippen molar-refractivity contribution < 1.29 is 14.3 Å². The Kier molecular flexibility index (Phi) is 5.21. The summed E-state index contributed by atoms with van der Waals surface area (Å²) >= 11 is 0. The van der Waals surface area contributed by atoms with Gasteiger partial charge in [-0.15, -0.1) is 5.10 Å². The maximum atomic E-state index is 12.9. The molecule has 0 aliphatic heterocycles. The fourth-order valence-electron chi connectivity index (χ4n) is 3.17. The van der Waals surface area contributed by atoms with Gasteiger partial charge in [0, 0.05) is 29.8 Å². The van der Waals surface area contributed by atoms with Crippen molar-refractivity contribution in [3.8, 4) is 22.9 Å². The van der Waals surface area contributed by atoms with E-state index in [4.69, 9.17) is 9.47 Å². The second-order valence-electron chi connectivity index (χ2n) is 6.57. The molecule has 4 rings (SSSR count). The molecule has 0 saturated carbocycles. The monoisotopic (exact) mass is 403 g/mol. The van der Waals surface area contributed by atoms with Crippen LogP contribution in [0.5, 0.6) is 11.5 Å². The highest BCUT2D eigenvalue weighted by molar-refractivity contribution is 6.03. The standard InChI is InChI=1S/C22H21N5O3/c1-15-21(24-25-27(15)19-14-18(29-2)9-10-20(19)30-3)22(28)23-16-7-6-8-17(13-16)26-11-4-5-12-26/h4-14H,1-3H3,(H,23,28). The first kappa shape index (κ1) is 19.3. The number of rotatable bonds is 6. The molecule has 0 saturated heterocycles. The number of benzene rings is 2. The van der Waals surface area contributed by atoms with Crippen molar-refractivity contribution in [1.82, 2.24) is 19.6 Å². The van der Waals surface area contributed by atoms with E-state index in [-0.39, 0.29) is 11.6 Å². The normalized spacial score (nSPS) is 10.6. The van der Waals surface area contributed by atoms with Gasteiger partial charge in [-0.3, -0.25) is 4.79 Å². The number of ether oxygens (including phenoxy) is 2. The van der Waals surface area contributed by atoms with E-state index >= 15 is 0 Å². The van der Waals surface area contributed by atoms with Gasteiger partial charge in [0.15, 0.2) is 5.69 Å². The summed E-state index contributed by atoms with van der Waals surface area (Å²) in [5, 5.41) is 11.1. The quantitative estimate of drug-likeness (QED) is 0.531. The van der Waals surface area contributed by atoms with Crippen molar-refractivity contribution >= 4 is 11.6 Å². The van der Waals surface area contributed by atoms with Crippen LogP contribution in [-0.4, -0.2) is 39.7 Å². The first-order valence-electron chi connectivity index (χ1n) is 9.30. The molecular formula is C22H21N5O3. The molecule has 0 aliphatic carbocycles. The minimum absolute atomic E-state index is 0.228. The number of carbonyl (C=O) groups is 1. The molecule has 0 fully saturated rings. The summed E-state index contributed by atoms with van der Waals surface area (Å²) in [6.07, 6.45) is 3.89. The van der Waals surface area contributed by atoms with Crippen LogP contribution in [-0.2, 0) is 0 Å². The van der Waals surface area contributed by atoms with E-state index in [0.29, 0.717) is 28.6 Å². The number of hydrogen-bond acceptors (Lipinski definition) is 5. The minimum Gasteiger partial charge on any atom is -0.497 e. The van der Waals surface area contributed by atoms with Crippen molar-refractivity contribution in [2.24, 2.45) is 0 Å². The van der Waals surface area contributed by atoms with E-state index in [1.165, 1.54) is 0 Å². The van der Waals surface area contributed by atoms with Gasteiger partial charge in [0.1, 0.15) is 17.2 Å². The van der Waals surface area contributed by atoms with Crippen LogP contribution in [0.3, 0.4) is 0 Å². The maximum absolute atomic E-state index is 12.9. The van der Waals surface area contributed by atoms with Crippen LogP contribution >= 0.6 is 0 Å². The number of nitrogens with zero attached hydrogens (tertiary/aromatic N) is 4. The zero-order chi connectivity index (χ0) is 21.1. The molecule has 0 aliphatic rings. The second kappa shape index (κ2) is 8.12. The number of hydrogen-bond donors (Lipinski definition) is 1. The highest BCUT2D eigenvalue weighted by Crippen LogP contribution is 2.28. The molecular weight excluding hydrogens is 382 g/mol. The number of methoxy groups -OCH3 is 2. The Morgan fingerprint density at radius 1 is 1.00 bits per heavy atom. The molecule has 152 valence electrons. The third-order valence-electron chi connectivity index (χ3n) is 4.73. The Labute approximate surface area is 173 Å². The molecule has 1 N–H and O–H groups in total. The van der Waals surface area contributed by atoms with Gasteiger partial charge in [-0.05, 0) is 49.4 Å². The number of carbonyl (C=O) groups excluding carboxylic acids is 1. The molecule has 1 amide bonds. The molecule has 4 aromatic rings. The lowest BCUT2D eigenvalue weighted by Gasteiger charge is -2.11. The van der Waals surface area contributed by atoms with Gasteiger partial charge in [-0.2, -0.15) is 0 Å². The van der Waals surface area contributed by atoms with Crippen LogP contribution < -0.4 is 14.8 Å². The fourth-order valence-corrected chi connectivity index (χ4v) is 3.17. The first-order chi connectivity index (χ1) is 14.6. The van der Waals surface area contributed by atoms with Crippen molar-refractivity contribution in [3.05, 3.63) is 78.4 Å². The molecule has 0 atom stereocenters. The van der Waals surface area contributed by atoms with Crippen LogP contribution in [0.15, 0.2) is 67.0 Å². The smallest absolute Gasteiger partial charge is 0.278 e. The average molecular weight is 403 g/mol. The largest absolute Gasteiger partial charge is 0.497 e. The average Bonchev–Trinajstić information content (AvgIpc) is 3.43. The van der Waals surface area contributed by atoms with E-state index in [9.17, 15) is 4.79 Å². The van der Waals surface area contributed by atoms with Gasteiger partial charge in [-0.1, -0.05) is 11.3 Å². The van der Waals surface area contributed by atoms with Crippen molar-refractivity contribution in [2.75, 3.05) is 19.5 Å². The lowest BCUT2D eigenvalue weighted by Crippen LogP contribution is -2.14. The molecule has 0 radical (unpaired) electrons. The summed E-state index contributed by atoms with van der Waals surface area (Å²) in [7, 11) is 3.16. The summed E-state index contributed by atoms with van der Waals surface area (Å²) in [6.45, 7) is 1.78. The van der Waals surface area contributed by atoms with Crippen LogP contribution in [0.1, 0.15) is 16.2 Å². The van der Waals surface area contributed by atoms with E-state index < -0.39 is 0 Å². The molecule has 8 nitrogen and oxygen atoms in total. The van der Waals surface area contributed by atoms with E-state index in [2.05, 4.69) is 15.6 Å². The molecule has 0 unspecified atom stereocenters. The Hall–Kier alpha value is -4.07. The van der Waals surface area contributed by atoms with Gasteiger partial charge >= 0.3 is 0 Å². The molecule has 8 heteroatoms. The summed E-state index contributed by atoms with van der Waals surface area (Å²) in [6, 6.07) is 16.8. The molecule has 30 heavy (non-hydrogen) atoms. The van der Waals surface area contributed by atoms with Crippen molar-refractivity contribution in [2.45, 2.75) is 6.92 Å². The third-order valence-corrected chi connectivity index (χ3v) is 4.73. The molecule has 2 aromatic heterocycles. The number of aromatic nitrogens is 4. The highest BCUT2D eigenvalue weighted by Gasteiger charge is 2.20. The highest BCUT2D eigenvalue weighted by atomic mass is 16.5. The SMILES string of the molecule is COc1ccc(OC)c(-n2nnc(C(=O)Nc3cccc(-n4cccc4)c3)c2C)c1. The predicted octanol–water partition coefficient (Wildman–Crippen LogP) is 3.64. The number of anilines is 1. The summed E-state index contributed by atoms with van der Waals surface area (Å²) < 4.78 is 14.2. The van der Waals surface area contributed by atoms with Gasteiger partial charge < -0.3 is 19.4 Å². The topological polar surface area (TPSA) is 83.2 Å². The maximum Gasteiger partial charge on any atom is 0.278 e. The summed E-state index contributed by atoms with van der Waals surface area (Å²) in [5.74, 6) is 0.897. The first-order valence-corrected chi connectivity index (χ1v) is 9.30. The van der Waals surface area contributed by atoms with E-state index in [1.807, 2.05) is 53.4 Å². The number of amides is 1. The molecule has 0 spiro atoms. The van der Waals surface area contributed by atoms with Crippen LogP contribution in [0.25, 0.3) is 11.4 Å². The van der Waals surface area contributed by atoms with Crippen LogP contribution in [0.4, 0.5) is 5.69 Å². The lowest BCUT2D eigenvalue weighted by atomic mass is 10.2. The Balaban J connectivity index is 1.62. The fraction of sp³-hybridized carbons (Fsp3) is 0.136. The Bertz CT molecular complexity index is 1180. The lowest BCUT2D eigenvalue weighted by molar-refractivity contribution is 0.102. The van der Waals surface area contributed by atoms with Gasteiger partial charge in [-0.25, -0.2) is 4.68 Å². The molecule has 2 aromatic carbocycles. The molecule has 0 bridgehead atoms. The summed E-state index contributed by atoms with van der Waals surface area (Å²) in [4.78, 5) is 12.9. The predicted molar refractivity (Wildman–Crippen MR) is 113 cm³/mol. The zero-order valence-electron chi connectivity index (χ0n) is 16.9. The van der Waals surface area contributed by atoms with E-state index in [1.54, 1.807) is 44.0 Å². The van der Waals surface area contributed by atoms with Gasteiger partial charge in [0.25, 0.3) is 5.91 Å². The van der Waals surface area contributed by atoms with Gasteiger partial charge in [0.05, 0.1) is 19.9 Å². The van der Waals surface area contributed by atoms with Crippen LogP contribution in [0.2, 0.25) is 0 Å². The van der Waals surface area contributed by atoms with Crippen LogP contribution in [0, 0.1) is 6.92 Å². The summed E-state index contributed by atoms with van der Waals surface area (Å²) in [5.41, 5.74) is 3.06. The van der Waals surface area contributed by atoms with Crippen molar-refractivity contribution in [3.63, 3.8) is 0 Å². The third kappa shape index (κ3) is 3.62. The molecule has 2 heterocycles. The van der Waals surface area contributed by atoms with Gasteiger partial charge in [0.2, 0.25) is 0 Å². The Morgan fingerprint density at radius 3 is 2.53 bits per heavy atom. The Morgan fingerprint density at radius 2 is 1.80 bits per heavy atom. The minimum atomic E-state index is -0.342.